The first-order valence-electron chi connectivity index (χ1n) is 4.80. The number of nitrogens with zero attached hydrogens (tertiary/aromatic N) is 2. The molecule has 1 saturated carbocycles. The summed E-state index contributed by atoms with van der Waals surface area (Å²) < 4.78 is 0. The maximum Gasteiger partial charge on any atom is 0.187 e. The second-order valence-corrected chi connectivity index (χ2v) is 4.68. The number of hydrogen-bond donors (Lipinski definition) is 1. The van der Waals surface area contributed by atoms with Gasteiger partial charge < -0.3 is 10.0 Å². The lowest BCUT2D eigenvalue weighted by Gasteiger charge is -2.37. The van der Waals surface area contributed by atoms with Crippen molar-refractivity contribution >= 4 is 28.1 Å². The van der Waals surface area contributed by atoms with Gasteiger partial charge in [0.25, 0.3) is 0 Å². The van der Waals surface area contributed by atoms with E-state index in [1.165, 1.54) is 19.3 Å². The second-order valence-electron chi connectivity index (χ2n) is 3.45. The van der Waals surface area contributed by atoms with Crippen LogP contribution in [0.5, 0.6) is 0 Å². The summed E-state index contributed by atoms with van der Waals surface area (Å²) in [5.41, 5.74) is 0. The molecule has 0 bridgehead atoms. The molecule has 0 amide bonds. The van der Waals surface area contributed by atoms with Crippen LogP contribution in [0.25, 0.3) is 0 Å². The van der Waals surface area contributed by atoms with Crippen molar-refractivity contribution in [2.24, 2.45) is 0 Å². The number of hydrogen-bond acceptors (Lipinski definition) is 4. The first-order chi connectivity index (χ1) is 6.81. The lowest BCUT2D eigenvalue weighted by molar-refractivity contribution is 0.283. The van der Waals surface area contributed by atoms with Crippen molar-refractivity contribution in [3.05, 3.63) is 10.5 Å². The van der Waals surface area contributed by atoms with Gasteiger partial charge >= 0.3 is 0 Å². The predicted octanol–water partition coefficient (Wildman–Crippen LogP) is 2.15. The van der Waals surface area contributed by atoms with Gasteiger partial charge in [-0.1, -0.05) is 11.6 Å². The van der Waals surface area contributed by atoms with Crippen LogP contribution in [0, 0.1) is 0 Å². The zero-order valence-electron chi connectivity index (χ0n) is 7.82. The standard InChI is InChI=1S/C9H13ClN2OS/c10-8-6-14-9(11-8)12(4-5-13)7-2-1-3-7/h6-7,13H,1-5H2. The van der Waals surface area contributed by atoms with E-state index in [-0.39, 0.29) is 6.61 Å². The Morgan fingerprint density at radius 3 is 2.86 bits per heavy atom. The summed E-state index contributed by atoms with van der Waals surface area (Å²) in [7, 11) is 0. The largest absolute Gasteiger partial charge is 0.395 e. The van der Waals surface area contributed by atoms with Gasteiger partial charge in [-0.25, -0.2) is 4.98 Å². The van der Waals surface area contributed by atoms with E-state index in [9.17, 15) is 0 Å². The molecule has 0 saturated heterocycles. The minimum atomic E-state index is 0.174. The number of aliphatic hydroxyl groups excluding tert-OH is 1. The highest BCUT2D eigenvalue weighted by molar-refractivity contribution is 7.14. The summed E-state index contributed by atoms with van der Waals surface area (Å²) in [6.45, 7) is 0.836. The molecule has 0 aliphatic heterocycles. The number of thiazole rings is 1. The molecule has 1 aromatic rings. The molecule has 0 radical (unpaired) electrons. The van der Waals surface area contributed by atoms with Crippen molar-refractivity contribution in [1.82, 2.24) is 4.98 Å². The molecular weight excluding hydrogens is 220 g/mol. The van der Waals surface area contributed by atoms with Gasteiger partial charge in [-0.15, -0.1) is 11.3 Å². The lowest BCUT2D eigenvalue weighted by atomic mass is 9.92. The minimum Gasteiger partial charge on any atom is -0.395 e. The fraction of sp³-hybridized carbons (Fsp3) is 0.667. The Bertz CT molecular complexity index is 301. The van der Waals surface area contributed by atoms with E-state index in [0.29, 0.717) is 17.7 Å². The van der Waals surface area contributed by atoms with Crippen LogP contribution in [0.15, 0.2) is 5.38 Å². The highest BCUT2D eigenvalue weighted by atomic mass is 35.5. The van der Waals surface area contributed by atoms with Crippen molar-refractivity contribution in [3.63, 3.8) is 0 Å². The fourth-order valence-electron chi connectivity index (χ4n) is 1.62. The molecule has 1 aliphatic carbocycles. The molecule has 0 spiro atoms. The Labute approximate surface area is 92.3 Å². The quantitative estimate of drug-likeness (QED) is 0.864. The monoisotopic (exact) mass is 232 g/mol. The topological polar surface area (TPSA) is 36.4 Å². The molecule has 5 heteroatoms. The lowest BCUT2D eigenvalue weighted by Crippen LogP contribution is -2.41. The smallest absolute Gasteiger partial charge is 0.187 e. The predicted molar refractivity (Wildman–Crippen MR) is 59.2 cm³/mol. The summed E-state index contributed by atoms with van der Waals surface area (Å²) >= 11 is 7.33. The van der Waals surface area contributed by atoms with E-state index in [0.717, 1.165) is 5.13 Å². The number of aromatic nitrogens is 1. The van der Waals surface area contributed by atoms with E-state index in [4.69, 9.17) is 16.7 Å². The number of halogens is 1. The third kappa shape index (κ3) is 2.02. The molecule has 0 aromatic carbocycles. The van der Waals surface area contributed by atoms with Gasteiger partial charge in [0.1, 0.15) is 5.15 Å². The van der Waals surface area contributed by atoms with Crippen molar-refractivity contribution in [1.29, 1.82) is 0 Å². The summed E-state index contributed by atoms with van der Waals surface area (Å²) in [4.78, 5) is 6.40. The Morgan fingerprint density at radius 1 is 1.64 bits per heavy atom. The van der Waals surface area contributed by atoms with Crippen LogP contribution in [0.3, 0.4) is 0 Å². The molecule has 14 heavy (non-hydrogen) atoms. The molecule has 0 atom stereocenters. The Kier molecular flexibility index (Phi) is 3.26. The maximum absolute atomic E-state index is 8.98. The highest BCUT2D eigenvalue weighted by Crippen LogP contribution is 2.32. The van der Waals surface area contributed by atoms with Crippen molar-refractivity contribution in [2.45, 2.75) is 25.3 Å². The molecule has 78 valence electrons. The van der Waals surface area contributed by atoms with Crippen LogP contribution in [0.2, 0.25) is 5.15 Å². The minimum absolute atomic E-state index is 0.174. The number of aliphatic hydroxyl groups is 1. The van der Waals surface area contributed by atoms with Gasteiger partial charge in [0.15, 0.2) is 5.13 Å². The maximum atomic E-state index is 8.98. The average Bonchev–Trinajstić information content (AvgIpc) is 2.48. The molecular formula is C9H13ClN2OS. The highest BCUT2D eigenvalue weighted by Gasteiger charge is 2.26. The van der Waals surface area contributed by atoms with Crippen LogP contribution in [-0.2, 0) is 0 Å². The van der Waals surface area contributed by atoms with E-state index < -0.39 is 0 Å². The summed E-state index contributed by atoms with van der Waals surface area (Å²) in [5, 5.41) is 12.3. The summed E-state index contributed by atoms with van der Waals surface area (Å²) in [6, 6.07) is 0.560. The molecule has 3 nitrogen and oxygen atoms in total. The normalized spacial score (nSPS) is 16.7. The molecule has 1 fully saturated rings. The van der Waals surface area contributed by atoms with Gasteiger partial charge in [-0.3, -0.25) is 0 Å². The van der Waals surface area contributed by atoms with E-state index >= 15 is 0 Å². The van der Waals surface area contributed by atoms with E-state index in [1.807, 2.05) is 5.38 Å². The van der Waals surface area contributed by atoms with Crippen molar-refractivity contribution < 1.29 is 5.11 Å². The van der Waals surface area contributed by atoms with Gasteiger partial charge in [0.2, 0.25) is 0 Å². The Hall–Kier alpha value is -0.320. The third-order valence-corrected chi connectivity index (χ3v) is 3.77. The van der Waals surface area contributed by atoms with Gasteiger partial charge in [-0.05, 0) is 19.3 Å². The van der Waals surface area contributed by atoms with Crippen molar-refractivity contribution in [3.8, 4) is 0 Å². The van der Waals surface area contributed by atoms with Crippen LogP contribution in [0.1, 0.15) is 19.3 Å². The zero-order chi connectivity index (χ0) is 9.97. The number of anilines is 1. The van der Waals surface area contributed by atoms with E-state index in [1.54, 1.807) is 11.3 Å². The fourth-order valence-corrected chi connectivity index (χ4v) is 2.66. The van der Waals surface area contributed by atoms with Gasteiger partial charge in [0.05, 0.1) is 6.61 Å². The van der Waals surface area contributed by atoms with Crippen LogP contribution in [0.4, 0.5) is 5.13 Å². The zero-order valence-corrected chi connectivity index (χ0v) is 9.39. The SMILES string of the molecule is OCCN(c1nc(Cl)cs1)C1CCC1. The molecule has 1 aliphatic rings. The molecule has 2 rings (SSSR count). The number of rotatable bonds is 4. The summed E-state index contributed by atoms with van der Waals surface area (Å²) in [6.07, 6.45) is 3.69. The van der Waals surface area contributed by atoms with Crippen LogP contribution >= 0.6 is 22.9 Å². The summed E-state index contributed by atoms with van der Waals surface area (Å²) in [5.74, 6) is 0. The van der Waals surface area contributed by atoms with Gasteiger partial charge in [0, 0.05) is 18.0 Å². The molecule has 0 unspecified atom stereocenters. The van der Waals surface area contributed by atoms with Crippen LogP contribution < -0.4 is 4.90 Å². The first kappa shape index (κ1) is 10.2. The Morgan fingerprint density at radius 2 is 2.43 bits per heavy atom. The van der Waals surface area contributed by atoms with Gasteiger partial charge in [-0.2, -0.15) is 0 Å². The van der Waals surface area contributed by atoms with E-state index in [2.05, 4.69) is 9.88 Å². The van der Waals surface area contributed by atoms with Crippen molar-refractivity contribution in [2.75, 3.05) is 18.1 Å². The Balaban J connectivity index is 2.09. The third-order valence-electron chi connectivity index (χ3n) is 2.57. The molecule has 1 heterocycles. The second kappa shape index (κ2) is 4.47. The first-order valence-corrected chi connectivity index (χ1v) is 6.05. The molecule has 1 aromatic heterocycles. The molecule has 1 N–H and O–H groups in total. The van der Waals surface area contributed by atoms with Crippen LogP contribution in [-0.4, -0.2) is 29.3 Å². The average molecular weight is 233 g/mol.